The Bertz CT molecular complexity index is 678. The molecular formula is C18H27F3N2O6. The van der Waals surface area contributed by atoms with Crippen LogP contribution in [-0.2, 0) is 11.2 Å². The summed E-state index contributed by atoms with van der Waals surface area (Å²) in [5.74, 6) is -1.12. The zero-order valence-corrected chi connectivity index (χ0v) is 16.8. The van der Waals surface area contributed by atoms with Crippen molar-refractivity contribution < 1.29 is 37.5 Å². The highest BCUT2D eigenvalue weighted by Gasteiger charge is 2.38. The van der Waals surface area contributed by atoms with Crippen LogP contribution in [0, 0.1) is 22.0 Å². The van der Waals surface area contributed by atoms with Crippen molar-refractivity contribution in [3.8, 4) is 11.5 Å². The molecule has 0 radical (unpaired) electrons. The van der Waals surface area contributed by atoms with Gasteiger partial charge in [-0.25, -0.2) is 4.79 Å². The minimum Gasteiger partial charge on any atom is -0.489 e. The molecule has 0 aliphatic rings. The number of alkyl halides is 3. The molecular weight excluding hydrogens is 397 g/mol. The van der Waals surface area contributed by atoms with Gasteiger partial charge in [-0.2, -0.15) is 13.2 Å². The number of ether oxygens (including phenoxy) is 2. The van der Waals surface area contributed by atoms with Gasteiger partial charge in [0.2, 0.25) is 0 Å². The average Bonchev–Trinajstić information content (AvgIpc) is 2.58. The Morgan fingerprint density at radius 1 is 1.14 bits per heavy atom. The normalized spacial score (nSPS) is 11.1. The van der Waals surface area contributed by atoms with Gasteiger partial charge < -0.3 is 20.3 Å². The third-order valence-corrected chi connectivity index (χ3v) is 3.14. The van der Waals surface area contributed by atoms with Gasteiger partial charge in [0, 0.05) is 5.56 Å². The highest BCUT2D eigenvalue weighted by atomic mass is 19.4. The van der Waals surface area contributed by atoms with Crippen molar-refractivity contribution >= 4 is 11.7 Å². The van der Waals surface area contributed by atoms with E-state index in [1.165, 1.54) is 6.07 Å². The van der Waals surface area contributed by atoms with E-state index in [0.717, 1.165) is 0 Å². The second-order valence-electron chi connectivity index (χ2n) is 6.94. The second kappa shape index (κ2) is 12.1. The summed E-state index contributed by atoms with van der Waals surface area (Å²) >= 11 is 0. The van der Waals surface area contributed by atoms with E-state index >= 15 is 0 Å². The number of benzene rings is 1. The number of nitrogens with zero attached hydrogens (tertiary/aromatic N) is 1. The van der Waals surface area contributed by atoms with E-state index in [0.29, 0.717) is 55.1 Å². The number of nitrogens with two attached hydrogens (primary N) is 1. The summed E-state index contributed by atoms with van der Waals surface area (Å²) in [5, 5.41) is 18.4. The average molecular weight is 424 g/mol. The van der Waals surface area contributed by atoms with Gasteiger partial charge in [0.05, 0.1) is 24.2 Å². The first-order chi connectivity index (χ1) is 13.3. The molecule has 166 valence electrons. The van der Waals surface area contributed by atoms with E-state index in [9.17, 15) is 23.3 Å². The fraction of sp³-hybridized carbons (Fsp3) is 0.611. The monoisotopic (exact) mass is 424 g/mol. The summed E-state index contributed by atoms with van der Waals surface area (Å²) in [6.45, 7) is 9.47. The first-order valence-corrected chi connectivity index (χ1v) is 8.86. The van der Waals surface area contributed by atoms with Gasteiger partial charge in [-0.15, -0.1) is 0 Å². The number of carboxylic acids is 1. The van der Waals surface area contributed by atoms with Crippen LogP contribution in [0.3, 0.4) is 0 Å². The summed E-state index contributed by atoms with van der Waals surface area (Å²) in [6, 6.07) is 3.13. The molecule has 3 N–H and O–H groups in total. The van der Waals surface area contributed by atoms with Crippen molar-refractivity contribution in [3.05, 3.63) is 27.8 Å². The van der Waals surface area contributed by atoms with Gasteiger partial charge in [-0.1, -0.05) is 27.7 Å². The van der Waals surface area contributed by atoms with Crippen LogP contribution in [0.25, 0.3) is 0 Å². The molecule has 0 saturated heterocycles. The lowest BCUT2D eigenvalue weighted by atomic mass is 10.1. The lowest BCUT2D eigenvalue weighted by Gasteiger charge is -2.16. The van der Waals surface area contributed by atoms with Crippen molar-refractivity contribution in [2.75, 3.05) is 19.8 Å². The Morgan fingerprint density at radius 3 is 1.86 bits per heavy atom. The molecule has 0 aromatic heterocycles. The molecule has 0 unspecified atom stereocenters. The molecule has 1 aromatic carbocycles. The summed E-state index contributed by atoms with van der Waals surface area (Å²) in [4.78, 5) is 19.7. The maximum absolute atomic E-state index is 11.2. The molecule has 1 aromatic rings. The van der Waals surface area contributed by atoms with Crippen LogP contribution in [0.4, 0.5) is 18.9 Å². The quantitative estimate of drug-likeness (QED) is 0.456. The van der Waals surface area contributed by atoms with Crippen LogP contribution in [0.15, 0.2) is 12.1 Å². The number of hydrogen-bond donors (Lipinski definition) is 2. The number of aliphatic carboxylic acids is 1. The standard InChI is InChI=1S/C16H26N2O4.C2HF3O2/c1-11(2)9-21-15-7-13(5-6-17)14(18(19)20)8-16(15)22-10-12(3)4;3-2(4,5)1(6)7/h7-8,11-12H,5-6,9-10,17H2,1-4H3;(H,6,7). The highest BCUT2D eigenvalue weighted by Crippen LogP contribution is 2.35. The fourth-order valence-electron chi connectivity index (χ4n) is 1.86. The van der Waals surface area contributed by atoms with Crippen LogP contribution >= 0.6 is 0 Å². The van der Waals surface area contributed by atoms with E-state index in [2.05, 4.69) is 0 Å². The Labute approximate surface area is 166 Å². The highest BCUT2D eigenvalue weighted by molar-refractivity contribution is 5.73. The van der Waals surface area contributed by atoms with Crippen molar-refractivity contribution in [3.63, 3.8) is 0 Å². The van der Waals surface area contributed by atoms with Crippen molar-refractivity contribution in [1.29, 1.82) is 0 Å². The number of carboxylic acid groups (broad SMARTS) is 1. The number of nitro groups is 1. The van der Waals surface area contributed by atoms with Gasteiger partial charge in [0.15, 0.2) is 11.5 Å². The third kappa shape index (κ3) is 10.5. The van der Waals surface area contributed by atoms with Crippen LogP contribution < -0.4 is 15.2 Å². The summed E-state index contributed by atoms with van der Waals surface area (Å²) < 4.78 is 43.2. The molecule has 29 heavy (non-hydrogen) atoms. The van der Waals surface area contributed by atoms with E-state index in [4.69, 9.17) is 25.1 Å². The Hall–Kier alpha value is -2.56. The third-order valence-electron chi connectivity index (χ3n) is 3.14. The zero-order chi connectivity index (χ0) is 22.8. The van der Waals surface area contributed by atoms with Gasteiger partial charge in [0.1, 0.15) is 0 Å². The predicted molar refractivity (Wildman–Crippen MR) is 100 cm³/mol. The summed E-state index contributed by atoms with van der Waals surface area (Å²) in [5.41, 5.74) is 6.14. The van der Waals surface area contributed by atoms with E-state index in [1.54, 1.807) is 6.07 Å². The lowest BCUT2D eigenvalue weighted by Crippen LogP contribution is -2.21. The number of halogens is 3. The fourth-order valence-corrected chi connectivity index (χ4v) is 1.86. The van der Waals surface area contributed by atoms with Crippen molar-refractivity contribution in [2.24, 2.45) is 17.6 Å². The number of carbonyl (C=O) groups is 1. The van der Waals surface area contributed by atoms with Crippen molar-refractivity contribution in [1.82, 2.24) is 0 Å². The summed E-state index contributed by atoms with van der Waals surface area (Å²) in [6.07, 6.45) is -4.65. The number of nitro benzene ring substituents is 1. The molecule has 1 rings (SSSR count). The van der Waals surface area contributed by atoms with Crippen LogP contribution in [-0.4, -0.2) is 41.9 Å². The van der Waals surface area contributed by atoms with E-state index in [-0.39, 0.29) is 5.69 Å². The molecule has 0 fully saturated rings. The summed E-state index contributed by atoms with van der Waals surface area (Å²) in [7, 11) is 0. The molecule has 0 amide bonds. The predicted octanol–water partition coefficient (Wildman–Crippen LogP) is 3.80. The minimum absolute atomic E-state index is 0.0288. The number of hydrogen-bond acceptors (Lipinski definition) is 6. The maximum Gasteiger partial charge on any atom is 0.490 e. The van der Waals surface area contributed by atoms with Gasteiger partial charge in [-0.3, -0.25) is 10.1 Å². The molecule has 0 heterocycles. The maximum atomic E-state index is 11.2. The second-order valence-corrected chi connectivity index (χ2v) is 6.94. The zero-order valence-electron chi connectivity index (χ0n) is 16.8. The minimum atomic E-state index is -5.08. The van der Waals surface area contributed by atoms with Gasteiger partial charge in [0.25, 0.3) is 5.69 Å². The molecule has 0 saturated carbocycles. The Morgan fingerprint density at radius 2 is 1.55 bits per heavy atom. The number of rotatable bonds is 9. The first kappa shape index (κ1) is 26.4. The van der Waals surface area contributed by atoms with Crippen molar-refractivity contribution in [2.45, 2.75) is 40.3 Å². The lowest BCUT2D eigenvalue weighted by molar-refractivity contribution is -0.385. The van der Waals surface area contributed by atoms with Crippen LogP contribution in [0.2, 0.25) is 0 Å². The van der Waals surface area contributed by atoms with Gasteiger partial charge >= 0.3 is 12.1 Å². The van der Waals surface area contributed by atoms with Crippen LogP contribution in [0.1, 0.15) is 33.3 Å². The SMILES string of the molecule is CC(C)COc1cc(CCN)c([N+](=O)[O-])cc1OCC(C)C.O=C(O)C(F)(F)F. The first-order valence-electron chi connectivity index (χ1n) is 8.86. The van der Waals surface area contributed by atoms with E-state index < -0.39 is 17.1 Å². The van der Waals surface area contributed by atoms with Crippen LogP contribution in [0.5, 0.6) is 11.5 Å². The Balaban J connectivity index is 0.000000956. The molecule has 11 heteroatoms. The smallest absolute Gasteiger partial charge is 0.489 e. The molecule has 8 nitrogen and oxygen atoms in total. The Kier molecular flexibility index (Phi) is 11.0. The molecule has 0 bridgehead atoms. The molecule has 0 aliphatic heterocycles. The largest absolute Gasteiger partial charge is 0.490 e. The molecule has 0 atom stereocenters. The molecule has 0 spiro atoms. The molecule has 0 aliphatic carbocycles. The topological polar surface area (TPSA) is 125 Å². The van der Waals surface area contributed by atoms with E-state index in [1.807, 2.05) is 27.7 Å². The van der Waals surface area contributed by atoms with Gasteiger partial charge in [-0.05, 0) is 30.9 Å².